The summed E-state index contributed by atoms with van der Waals surface area (Å²) in [6.45, 7) is 0. The van der Waals surface area contributed by atoms with E-state index in [0.29, 0.717) is 0 Å². The van der Waals surface area contributed by atoms with Crippen LogP contribution in [0, 0.1) is 0 Å². The third kappa shape index (κ3) is 3.69. The number of ketones is 1. The number of carbonyl (C=O) groups is 2. The standard InChI is InChI=1S/C13H8ClF3N2O2/c14-11-5-10(20)9(6-18-11)12(21)19-8-3-1-2-7(4-8)13(15,16)17/h1-4,6H,5H2,(H,19,21). The molecular weight excluding hydrogens is 309 g/mol. The maximum Gasteiger partial charge on any atom is 0.416 e. The highest BCUT2D eigenvalue weighted by Gasteiger charge is 2.30. The third-order valence-corrected chi connectivity index (χ3v) is 2.86. The van der Waals surface area contributed by atoms with E-state index >= 15 is 0 Å². The molecule has 0 atom stereocenters. The first kappa shape index (κ1) is 15.2. The first-order valence-corrected chi connectivity index (χ1v) is 6.09. The molecule has 0 saturated heterocycles. The number of rotatable bonds is 2. The summed E-state index contributed by atoms with van der Waals surface area (Å²) in [7, 11) is 0. The van der Waals surface area contributed by atoms with E-state index in [4.69, 9.17) is 11.6 Å². The number of hydrogen-bond donors (Lipinski definition) is 1. The van der Waals surface area contributed by atoms with Gasteiger partial charge in [0, 0.05) is 11.9 Å². The summed E-state index contributed by atoms with van der Waals surface area (Å²) >= 11 is 5.54. The maximum atomic E-state index is 12.6. The Hall–Kier alpha value is -2.15. The number of alkyl halides is 3. The molecule has 1 heterocycles. The van der Waals surface area contributed by atoms with Crippen LogP contribution < -0.4 is 5.32 Å². The number of anilines is 1. The number of halogens is 4. The molecule has 0 radical (unpaired) electrons. The SMILES string of the molecule is O=C1CC(Cl)=NC=C1C(=O)Nc1cccc(C(F)(F)F)c1. The molecule has 0 fully saturated rings. The molecule has 8 heteroatoms. The minimum atomic E-state index is -4.52. The van der Waals surface area contributed by atoms with Crippen LogP contribution in [0.3, 0.4) is 0 Å². The number of benzene rings is 1. The zero-order chi connectivity index (χ0) is 15.6. The molecule has 1 aromatic rings. The Labute approximate surface area is 122 Å². The lowest BCUT2D eigenvalue weighted by atomic mass is 10.1. The second-order valence-electron chi connectivity index (χ2n) is 4.18. The van der Waals surface area contributed by atoms with Gasteiger partial charge in [0.15, 0.2) is 5.78 Å². The molecule has 0 saturated carbocycles. The van der Waals surface area contributed by atoms with Crippen LogP contribution in [0.1, 0.15) is 12.0 Å². The Bertz CT molecular complexity index is 666. The van der Waals surface area contributed by atoms with Crippen LogP contribution in [0.2, 0.25) is 0 Å². The van der Waals surface area contributed by atoms with Crippen molar-refractivity contribution in [1.82, 2.24) is 0 Å². The highest BCUT2D eigenvalue weighted by Crippen LogP contribution is 2.30. The third-order valence-electron chi connectivity index (χ3n) is 2.63. The van der Waals surface area contributed by atoms with Crippen LogP contribution in [0.5, 0.6) is 0 Å². The Morgan fingerprint density at radius 3 is 2.67 bits per heavy atom. The summed E-state index contributed by atoms with van der Waals surface area (Å²) in [5, 5.41) is 2.28. The van der Waals surface area contributed by atoms with Crippen molar-refractivity contribution in [3.63, 3.8) is 0 Å². The summed E-state index contributed by atoms with van der Waals surface area (Å²) in [4.78, 5) is 27.1. The average Bonchev–Trinajstić information content (AvgIpc) is 2.37. The van der Waals surface area contributed by atoms with Gasteiger partial charge in [-0.15, -0.1) is 0 Å². The van der Waals surface area contributed by atoms with Crippen molar-refractivity contribution in [3.8, 4) is 0 Å². The number of amides is 1. The summed E-state index contributed by atoms with van der Waals surface area (Å²) in [5.41, 5.74) is -1.22. The maximum absolute atomic E-state index is 12.6. The molecule has 1 aliphatic heterocycles. The van der Waals surface area contributed by atoms with Gasteiger partial charge < -0.3 is 5.32 Å². The number of Topliss-reactive ketones (excluding diaryl/α,β-unsaturated/α-hetero) is 1. The van der Waals surface area contributed by atoms with Gasteiger partial charge in [-0.2, -0.15) is 13.2 Å². The largest absolute Gasteiger partial charge is 0.416 e. The first-order chi connectivity index (χ1) is 9.77. The van der Waals surface area contributed by atoms with Crippen molar-refractivity contribution in [2.45, 2.75) is 12.6 Å². The molecule has 0 aromatic heterocycles. The summed E-state index contributed by atoms with van der Waals surface area (Å²) in [6.07, 6.45) is -3.72. The molecular formula is C13H8ClF3N2O2. The van der Waals surface area contributed by atoms with Gasteiger partial charge >= 0.3 is 6.18 Å². The molecule has 1 N–H and O–H groups in total. The molecule has 0 aliphatic carbocycles. The molecule has 110 valence electrons. The van der Waals surface area contributed by atoms with E-state index in [1.54, 1.807) is 0 Å². The van der Waals surface area contributed by atoms with Gasteiger partial charge in [-0.25, -0.2) is 4.99 Å². The Kier molecular flexibility index (Phi) is 4.13. The minimum absolute atomic E-state index is 0.0515. The zero-order valence-electron chi connectivity index (χ0n) is 10.4. The molecule has 1 aromatic carbocycles. The van der Waals surface area contributed by atoms with E-state index in [-0.39, 0.29) is 22.9 Å². The van der Waals surface area contributed by atoms with Gasteiger partial charge in [-0.3, -0.25) is 9.59 Å². The van der Waals surface area contributed by atoms with Gasteiger partial charge in [-0.1, -0.05) is 17.7 Å². The Balaban J connectivity index is 2.19. The van der Waals surface area contributed by atoms with Crippen LogP contribution in [0.15, 0.2) is 41.0 Å². The lowest BCUT2D eigenvalue weighted by Gasteiger charge is -2.12. The fraction of sp³-hybridized carbons (Fsp3) is 0.154. The lowest BCUT2D eigenvalue weighted by Crippen LogP contribution is -2.23. The number of aliphatic imine (C=N–C) groups is 1. The quantitative estimate of drug-likeness (QED) is 0.852. The molecule has 1 amide bonds. The van der Waals surface area contributed by atoms with Crippen molar-refractivity contribution in [3.05, 3.63) is 41.6 Å². The van der Waals surface area contributed by atoms with E-state index < -0.39 is 23.4 Å². The Morgan fingerprint density at radius 1 is 1.33 bits per heavy atom. The number of nitrogens with one attached hydrogen (secondary N) is 1. The van der Waals surface area contributed by atoms with Crippen LogP contribution >= 0.6 is 11.6 Å². The van der Waals surface area contributed by atoms with E-state index in [9.17, 15) is 22.8 Å². The minimum Gasteiger partial charge on any atom is -0.322 e. The molecule has 1 aliphatic rings. The number of nitrogens with zero attached hydrogens (tertiary/aromatic N) is 1. The smallest absolute Gasteiger partial charge is 0.322 e. The highest BCUT2D eigenvalue weighted by atomic mass is 35.5. The van der Waals surface area contributed by atoms with Crippen LogP contribution in [0.4, 0.5) is 18.9 Å². The van der Waals surface area contributed by atoms with Crippen molar-refractivity contribution >= 4 is 34.1 Å². The Morgan fingerprint density at radius 2 is 2.05 bits per heavy atom. The van der Waals surface area contributed by atoms with Crippen molar-refractivity contribution in [2.24, 2.45) is 4.99 Å². The summed E-state index contributed by atoms with van der Waals surface area (Å²) < 4.78 is 37.7. The monoisotopic (exact) mass is 316 g/mol. The van der Waals surface area contributed by atoms with E-state index in [1.165, 1.54) is 6.07 Å². The second kappa shape index (κ2) is 5.69. The first-order valence-electron chi connectivity index (χ1n) is 5.71. The van der Waals surface area contributed by atoms with Gasteiger partial charge in [-0.05, 0) is 18.2 Å². The predicted octanol–water partition coefficient (Wildman–Crippen LogP) is 3.14. The van der Waals surface area contributed by atoms with Gasteiger partial charge in [0.25, 0.3) is 5.91 Å². The van der Waals surface area contributed by atoms with Crippen molar-refractivity contribution in [2.75, 3.05) is 5.32 Å². The summed E-state index contributed by atoms with van der Waals surface area (Å²) in [5.74, 6) is -1.37. The second-order valence-corrected chi connectivity index (χ2v) is 4.62. The van der Waals surface area contributed by atoms with E-state index in [2.05, 4.69) is 10.3 Å². The topological polar surface area (TPSA) is 58.5 Å². The highest BCUT2D eigenvalue weighted by molar-refractivity contribution is 6.67. The van der Waals surface area contributed by atoms with Crippen molar-refractivity contribution in [1.29, 1.82) is 0 Å². The van der Waals surface area contributed by atoms with E-state index in [1.807, 2.05) is 0 Å². The van der Waals surface area contributed by atoms with Crippen LogP contribution in [-0.4, -0.2) is 16.9 Å². The van der Waals surface area contributed by atoms with Gasteiger partial charge in [0.2, 0.25) is 0 Å². The fourth-order valence-electron chi connectivity index (χ4n) is 1.64. The number of carbonyl (C=O) groups excluding carboxylic acids is 2. The van der Waals surface area contributed by atoms with Crippen LogP contribution in [-0.2, 0) is 15.8 Å². The molecule has 0 spiro atoms. The van der Waals surface area contributed by atoms with Crippen molar-refractivity contribution < 1.29 is 22.8 Å². The fourth-order valence-corrected chi connectivity index (χ4v) is 1.81. The van der Waals surface area contributed by atoms with Gasteiger partial charge in [0.05, 0.1) is 12.0 Å². The molecule has 0 unspecified atom stereocenters. The van der Waals surface area contributed by atoms with Gasteiger partial charge in [0.1, 0.15) is 10.7 Å². The molecule has 21 heavy (non-hydrogen) atoms. The molecule has 0 bridgehead atoms. The average molecular weight is 317 g/mol. The number of hydrogen-bond acceptors (Lipinski definition) is 3. The molecule has 4 nitrogen and oxygen atoms in total. The summed E-state index contributed by atoms with van der Waals surface area (Å²) in [6, 6.07) is 4.11. The van der Waals surface area contributed by atoms with E-state index in [0.717, 1.165) is 24.4 Å². The lowest BCUT2D eigenvalue weighted by molar-refractivity contribution is -0.137. The predicted molar refractivity (Wildman–Crippen MR) is 71.1 cm³/mol. The van der Waals surface area contributed by atoms with Crippen LogP contribution in [0.25, 0.3) is 0 Å². The molecule has 2 rings (SSSR count). The normalized spacial score (nSPS) is 15.3. The zero-order valence-corrected chi connectivity index (χ0v) is 11.1.